The molecule has 1 aromatic rings. The Bertz CT molecular complexity index is 389. The lowest BCUT2D eigenvalue weighted by Gasteiger charge is -2.01. The highest BCUT2D eigenvalue weighted by atomic mass is 32.3. The quantitative estimate of drug-likeness (QED) is 0.591. The molecule has 0 aliphatic rings. The molecule has 0 unspecified atom stereocenters. The normalized spacial score (nSPS) is 11.5. The fourth-order valence-electron chi connectivity index (χ4n) is 0.994. The molecule has 0 amide bonds. The number of aryl methyl sites for hydroxylation is 1. The van der Waals surface area contributed by atoms with Crippen LogP contribution in [-0.2, 0) is 16.6 Å². The largest absolute Gasteiger partial charge is 0.399 e. The second-order valence-corrected chi connectivity index (χ2v) is 4.18. The number of para-hydroxylation sites is 1. The summed E-state index contributed by atoms with van der Waals surface area (Å²) in [5, 5.41) is 0. The standard InChI is InChI=1S/C8H10FNO2S/c9-13(11,12)6-5-7-3-1-2-4-8(7)10/h1-4H,5-6,10H2. The first kappa shape index (κ1) is 9.98. The predicted molar refractivity (Wildman–Crippen MR) is 49.5 cm³/mol. The lowest BCUT2D eigenvalue weighted by molar-refractivity contribution is 0.551. The lowest BCUT2D eigenvalue weighted by atomic mass is 10.1. The molecule has 0 bridgehead atoms. The Kier molecular flexibility index (Phi) is 2.87. The third-order valence-corrected chi connectivity index (χ3v) is 2.36. The molecule has 0 saturated carbocycles. The molecule has 0 fully saturated rings. The van der Waals surface area contributed by atoms with E-state index >= 15 is 0 Å². The number of benzene rings is 1. The smallest absolute Gasteiger partial charge is 0.302 e. The molecule has 1 aromatic carbocycles. The number of hydrogen-bond donors (Lipinski definition) is 1. The van der Waals surface area contributed by atoms with Gasteiger partial charge in [0.15, 0.2) is 0 Å². The molecule has 0 heterocycles. The zero-order valence-electron chi connectivity index (χ0n) is 6.90. The van der Waals surface area contributed by atoms with Crippen molar-refractivity contribution in [3.8, 4) is 0 Å². The summed E-state index contributed by atoms with van der Waals surface area (Å²) in [6.45, 7) is 0. The van der Waals surface area contributed by atoms with Crippen LogP contribution in [0.2, 0.25) is 0 Å². The fraction of sp³-hybridized carbons (Fsp3) is 0.250. The number of anilines is 1. The average Bonchev–Trinajstić information content (AvgIpc) is 2.01. The third-order valence-electron chi connectivity index (χ3n) is 1.67. The van der Waals surface area contributed by atoms with E-state index in [2.05, 4.69) is 0 Å². The lowest BCUT2D eigenvalue weighted by Crippen LogP contribution is -2.04. The highest BCUT2D eigenvalue weighted by Crippen LogP contribution is 2.12. The summed E-state index contributed by atoms with van der Waals surface area (Å²) >= 11 is 0. The minimum absolute atomic E-state index is 0.117. The highest BCUT2D eigenvalue weighted by Gasteiger charge is 2.08. The van der Waals surface area contributed by atoms with E-state index in [-0.39, 0.29) is 6.42 Å². The first-order valence-electron chi connectivity index (χ1n) is 3.75. The van der Waals surface area contributed by atoms with Gasteiger partial charge < -0.3 is 5.73 Å². The van der Waals surface area contributed by atoms with Crippen molar-refractivity contribution in [3.63, 3.8) is 0 Å². The Hall–Kier alpha value is -1.10. The van der Waals surface area contributed by atoms with Gasteiger partial charge in [-0.05, 0) is 18.1 Å². The van der Waals surface area contributed by atoms with Gasteiger partial charge in [0.2, 0.25) is 0 Å². The predicted octanol–water partition coefficient (Wildman–Crippen LogP) is 1.11. The van der Waals surface area contributed by atoms with Crippen molar-refractivity contribution in [3.05, 3.63) is 29.8 Å². The summed E-state index contributed by atoms with van der Waals surface area (Å²) in [5.41, 5.74) is 6.68. The van der Waals surface area contributed by atoms with Gasteiger partial charge in [-0.15, -0.1) is 3.89 Å². The molecular formula is C8H10FNO2S. The van der Waals surface area contributed by atoms with Gasteiger partial charge in [0.05, 0.1) is 5.75 Å². The van der Waals surface area contributed by atoms with E-state index in [1.54, 1.807) is 24.3 Å². The van der Waals surface area contributed by atoms with Gasteiger partial charge in [-0.2, -0.15) is 8.42 Å². The van der Waals surface area contributed by atoms with Gasteiger partial charge in [-0.3, -0.25) is 0 Å². The first-order valence-corrected chi connectivity index (χ1v) is 5.30. The average molecular weight is 203 g/mol. The van der Waals surface area contributed by atoms with Crippen molar-refractivity contribution < 1.29 is 12.3 Å². The van der Waals surface area contributed by atoms with Crippen LogP contribution in [0.25, 0.3) is 0 Å². The molecule has 0 aromatic heterocycles. The van der Waals surface area contributed by atoms with Gasteiger partial charge in [-0.1, -0.05) is 18.2 Å². The zero-order valence-corrected chi connectivity index (χ0v) is 7.72. The van der Waals surface area contributed by atoms with Crippen LogP contribution in [0.4, 0.5) is 9.57 Å². The number of hydrogen-bond acceptors (Lipinski definition) is 3. The maximum atomic E-state index is 12.1. The monoisotopic (exact) mass is 203 g/mol. The van der Waals surface area contributed by atoms with E-state index in [4.69, 9.17) is 5.73 Å². The van der Waals surface area contributed by atoms with Crippen molar-refractivity contribution in [2.45, 2.75) is 6.42 Å². The van der Waals surface area contributed by atoms with Crippen LogP contribution >= 0.6 is 0 Å². The maximum Gasteiger partial charge on any atom is 0.302 e. The Labute approximate surface area is 76.6 Å². The molecule has 0 aliphatic heterocycles. The molecule has 13 heavy (non-hydrogen) atoms. The van der Waals surface area contributed by atoms with Crippen LogP contribution < -0.4 is 5.73 Å². The van der Waals surface area contributed by atoms with E-state index in [1.165, 1.54) is 0 Å². The molecule has 2 N–H and O–H groups in total. The van der Waals surface area contributed by atoms with E-state index in [0.29, 0.717) is 11.3 Å². The molecular weight excluding hydrogens is 193 g/mol. The molecule has 1 rings (SSSR count). The van der Waals surface area contributed by atoms with Crippen molar-refractivity contribution in [1.82, 2.24) is 0 Å². The second-order valence-electron chi connectivity index (χ2n) is 2.69. The number of nitrogen functional groups attached to an aromatic ring is 1. The minimum Gasteiger partial charge on any atom is -0.399 e. The second kappa shape index (κ2) is 3.74. The van der Waals surface area contributed by atoms with Crippen LogP contribution in [-0.4, -0.2) is 14.2 Å². The Morgan fingerprint density at radius 3 is 2.46 bits per heavy atom. The number of nitrogens with two attached hydrogens (primary N) is 1. The molecule has 0 radical (unpaired) electrons. The number of halogens is 1. The summed E-state index contributed by atoms with van der Waals surface area (Å²) in [5.74, 6) is -0.513. The van der Waals surface area contributed by atoms with E-state index in [9.17, 15) is 12.3 Å². The third kappa shape index (κ3) is 3.42. The summed E-state index contributed by atoms with van der Waals surface area (Å²) < 4.78 is 32.6. The summed E-state index contributed by atoms with van der Waals surface area (Å²) in [6.07, 6.45) is 0.117. The summed E-state index contributed by atoms with van der Waals surface area (Å²) in [6, 6.07) is 6.81. The van der Waals surface area contributed by atoms with Crippen molar-refractivity contribution in [2.75, 3.05) is 11.5 Å². The summed E-state index contributed by atoms with van der Waals surface area (Å²) in [4.78, 5) is 0. The molecule has 72 valence electrons. The maximum absolute atomic E-state index is 12.1. The Morgan fingerprint density at radius 1 is 1.31 bits per heavy atom. The fourth-order valence-corrected chi connectivity index (χ4v) is 1.46. The van der Waals surface area contributed by atoms with Crippen LogP contribution in [0.1, 0.15) is 5.56 Å². The van der Waals surface area contributed by atoms with Gasteiger partial charge in [-0.25, -0.2) is 0 Å². The van der Waals surface area contributed by atoms with Crippen molar-refractivity contribution in [2.24, 2.45) is 0 Å². The zero-order chi connectivity index (χ0) is 9.90. The molecule has 0 atom stereocenters. The molecule has 0 spiro atoms. The highest BCUT2D eigenvalue weighted by molar-refractivity contribution is 7.86. The molecule has 0 aliphatic carbocycles. The SMILES string of the molecule is Nc1ccccc1CCS(=O)(=O)F. The Morgan fingerprint density at radius 2 is 1.92 bits per heavy atom. The van der Waals surface area contributed by atoms with E-state index in [1.807, 2.05) is 0 Å². The summed E-state index contributed by atoms with van der Waals surface area (Å²) in [7, 11) is -4.39. The van der Waals surface area contributed by atoms with E-state index in [0.717, 1.165) is 0 Å². The Balaban J connectivity index is 2.71. The van der Waals surface area contributed by atoms with Gasteiger partial charge in [0.25, 0.3) is 0 Å². The number of rotatable bonds is 3. The van der Waals surface area contributed by atoms with Gasteiger partial charge in [0, 0.05) is 5.69 Å². The molecule has 5 heteroatoms. The van der Waals surface area contributed by atoms with Gasteiger partial charge in [0.1, 0.15) is 0 Å². The van der Waals surface area contributed by atoms with Gasteiger partial charge >= 0.3 is 10.2 Å². The van der Waals surface area contributed by atoms with Crippen LogP contribution in [0.3, 0.4) is 0 Å². The molecule has 3 nitrogen and oxygen atoms in total. The topological polar surface area (TPSA) is 60.2 Å². The first-order chi connectivity index (χ1) is 5.99. The molecule has 0 saturated heterocycles. The van der Waals surface area contributed by atoms with Crippen LogP contribution in [0.5, 0.6) is 0 Å². The van der Waals surface area contributed by atoms with E-state index < -0.39 is 16.0 Å². The minimum atomic E-state index is -4.39. The van der Waals surface area contributed by atoms with Crippen LogP contribution in [0, 0.1) is 0 Å². The van der Waals surface area contributed by atoms with Crippen molar-refractivity contribution in [1.29, 1.82) is 0 Å². The van der Waals surface area contributed by atoms with Crippen molar-refractivity contribution >= 4 is 15.9 Å². The van der Waals surface area contributed by atoms with Crippen LogP contribution in [0.15, 0.2) is 24.3 Å².